The van der Waals surface area contributed by atoms with E-state index in [9.17, 15) is 18.0 Å². The standard InChI is InChI=1S/C17H20N2O5S2/c1-19(26(22,23)16-6-4-12-25-16)11-3-5-15(20)18-14-9-7-13(8-10-14)17(21)24-2/h4,6-10,12H,3,5,11H2,1-2H3,(H,18,20). The molecule has 0 saturated heterocycles. The van der Waals surface area contributed by atoms with Crippen molar-refractivity contribution in [2.75, 3.05) is 26.0 Å². The van der Waals surface area contributed by atoms with Crippen LogP contribution >= 0.6 is 11.3 Å². The lowest BCUT2D eigenvalue weighted by Gasteiger charge is -2.15. The van der Waals surface area contributed by atoms with Crippen LogP contribution in [-0.2, 0) is 19.6 Å². The molecule has 1 amide bonds. The Hall–Kier alpha value is -2.23. The van der Waals surface area contributed by atoms with Crippen molar-refractivity contribution in [3.63, 3.8) is 0 Å². The summed E-state index contributed by atoms with van der Waals surface area (Å²) in [6.07, 6.45) is 0.580. The van der Waals surface area contributed by atoms with Crippen LogP contribution in [0.5, 0.6) is 0 Å². The zero-order valence-corrected chi connectivity index (χ0v) is 16.1. The van der Waals surface area contributed by atoms with Gasteiger partial charge in [0, 0.05) is 25.7 Å². The van der Waals surface area contributed by atoms with Crippen LogP contribution in [0.4, 0.5) is 5.69 Å². The van der Waals surface area contributed by atoms with Crippen molar-refractivity contribution < 1.29 is 22.7 Å². The Balaban J connectivity index is 1.81. The van der Waals surface area contributed by atoms with Crippen LogP contribution in [0.25, 0.3) is 0 Å². The summed E-state index contributed by atoms with van der Waals surface area (Å²) in [5.41, 5.74) is 0.952. The molecule has 0 aliphatic rings. The van der Waals surface area contributed by atoms with Crippen LogP contribution in [-0.4, -0.2) is 45.3 Å². The van der Waals surface area contributed by atoms with E-state index in [1.165, 1.54) is 18.5 Å². The largest absolute Gasteiger partial charge is 0.465 e. The number of hydrogen-bond acceptors (Lipinski definition) is 6. The van der Waals surface area contributed by atoms with Gasteiger partial charge in [-0.15, -0.1) is 11.3 Å². The van der Waals surface area contributed by atoms with Crippen LogP contribution < -0.4 is 5.32 Å². The van der Waals surface area contributed by atoms with Crippen LogP contribution in [0.1, 0.15) is 23.2 Å². The predicted molar refractivity (Wildman–Crippen MR) is 99.8 cm³/mol. The highest BCUT2D eigenvalue weighted by Crippen LogP contribution is 2.20. The van der Waals surface area contributed by atoms with Crippen LogP contribution in [0.15, 0.2) is 46.0 Å². The molecule has 1 N–H and O–H groups in total. The SMILES string of the molecule is COC(=O)c1ccc(NC(=O)CCCN(C)S(=O)(=O)c2cccs2)cc1. The Morgan fingerprint density at radius 3 is 2.46 bits per heavy atom. The molecular weight excluding hydrogens is 376 g/mol. The van der Waals surface area contributed by atoms with Gasteiger partial charge in [-0.1, -0.05) is 6.07 Å². The number of anilines is 1. The predicted octanol–water partition coefficient (Wildman–Crippen LogP) is 2.57. The zero-order valence-electron chi connectivity index (χ0n) is 14.5. The van der Waals surface area contributed by atoms with E-state index in [1.807, 2.05) is 0 Å². The topological polar surface area (TPSA) is 92.8 Å². The molecule has 1 aromatic carbocycles. The van der Waals surface area contributed by atoms with Gasteiger partial charge < -0.3 is 10.1 Å². The Morgan fingerprint density at radius 2 is 1.88 bits per heavy atom. The summed E-state index contributed by atoms with van der Waals surface area (Å²) in [5, 5.41) is 4.42. The van der Waals surface area contributed by atoms with Crippen molar-refractivity contribution in [2.45, 2.75) is 17.1 Å². The second-order valence-corrected chi connectivity index (χ2v) is 8.70. The number of amides is 1. The van der Waals surface area contributed by atoms with Gasteiger partial charge in [0.2, 0.25) is 5.91 Å². The van der Waals surface area contributed by atoms with Crippen molar-refractivity contribution in [3.8, 4) is 0 Å². The maximum Gasteiger partial charge on any atom is 0.337 e. The van der Waals surface area contributed by atoms with Crippen molar-refractivity contribution >= 4 is 38.9 Å². The molecule has 2 rings (SSSR count). The number of ether oxygens (including phenoxy) is 1. The van der Waals surface area contributed by atoms with E-state index in [2.05, 4.69) is 10.1 Å². The van der Waals surface area contributed by atoms with Gasteiger partial charge in [0.25, 0.3) is 10.0 Å². The number of carbonyl (C=O) groups excluding carboxylic acids is 2. The summed E-state index contributed by atoms with van der Waals surface area (Å²) in [6, 6.07) is 9.58. The summed E-state index contributed by atoms with van der Waals surface area (Å²) >= 11 is 1.16. The normalized spacial score (nSPS) is 11.3. The molecular formula is C17H20N2O5S2. The van der Waals surface area contributed by atoms with Gasteiger partial charge in [-0.2, -0.15) is 0 Å². The molecule has 2 aromatic rings. The van der Waals surface area contributed by atoms with Crippen LogP contribution in [0.3, 0.4) is 0 Å². The van der Waals surface area contributed by atoms with Crippen molar-refractivity contribution in [1.29, 1.82) is 0 Å². The number of esters is 1. The molecule has 26 heavy (non-hydrogen) atoms. The smallest absolute Gasteiger partial charge is 0.337 e. The maximum atomic E-state index is 12.3. The highest BCUT2D eigenvalue weighted by molar-refractivity contribution is 7.91. The van der Waals surface area contributed by atoms with E-state index in [1.54, 1.807) is 41.8 Å². The minimum Gasteiger partial charge on any atom is -0.465 e. The summed E-state index contributed by atoms with van der Waals surface area (Å²) in [5.74, 6) is -0.671. The van der Waals surface area contributed by atoms with Gasteiger partial charge in [-0.3, -0.25) is 4.79 Å². The van der Waals surface area contributed by atoms with E-state index in [0.29, 0.717) is 17.7 Å². The number of nitrogens with one attached hydrogen (secondary N) is 1. The fraction of sp³-hybridized carbons (Fsp3) is 0.294. The van der Waals surface area contributed by atoms with Gasteiger partial charge >= 0.3 is 5.97 Å². The first-order valence-corrected chi connectivity index (χ1v) is 10.1. The third kappa shape index (κ3) is 5.13. The Labute approximate surface area is 156 Å². The third-order valence-electron chi connectivity index (χ3n) is 3.63. The molecule has 0 bridgehead atoms. The Bertz CT molecular complexity index is 846. The molecule has 0 aliphatic carbocycles. The highest BCUT2D eigenvalue weighted by atomic mass is 32.2. The maximum absolute atomic E-state index is 12.3. The van der Waals surface area contributed by atoms with Crippen molar-refractivity contribution in [2.24, 2.45) is 0 Å². The number of nitrogens with zero attached hydrogens (tertiary/aromatic N) is 1. The molecule has 7 nitrogen and oxygen atoms in total. The van der Waals surface area contributed by atoms with Gasteiger partial charge in [0.1, 0.15) is 4.21 Å². The van der Waals surface area contributed by atoms with E-state index < -0.39 is 16.0 Å². The third-order valence-corrected chi connectivity index (χ3v) is 6.86. The lowest BCUT2D eigenvalue weighted by Crippen LogP contribution is -2.28. The Kier molecular flexibility index (Phi) is 6.90. The number of sulfonamides is 1. The summed E-state index contributed by atoms with van der Waals surface area (Å²) in [7, 11) is -0.694. The molecule has 9 heteroatoms. The molecule has 0 spiro atoms. The molecule has 0 unspecified atom stereocenters. The molecule has 0 fully saturated rings. The summed E-state index contributed by atoms with van der Waals surface area (Å²) < 4.78 is 30.7. The number of methoxy groups -OCH3 is 1. The van der Waals surface area contributed by atoms with E-state index in [4.69, 9.17) is 0 Å². The van der Waals surface area contributed by atoms with Crippen LogP contribution in [0, 0.1) is 0 Å². The molecule has 0 atom stereocenters. The highest BCUT2D eigenvalue weighted by Gasteiger charge is 2.21. The second-order valence-electron chi connectivity index (χ2n) is 5.48. The average Bonchev–Trinajstić information content (AvgIpc) is 3.17. The van der Waals surface area contributed by atoms with E-state index >= 15 is 0 Å². The van der Waals surface area contributed by atoms with Gasteiger partial charge in [-0.25, -0.2) is 17.5 Å². The Morgan fingerprint density at radius 1 is 1.19 bits per heavy atom. The lowest BCUT2D eigenvalue weighted by atomic mass is 10.2. The fourth-order valence-corrected chi connectivity index (χ4v) is 4.59. The van der Waals surface area contributed by atoms with Crippen molar-refractivity contribution in [3.05, 3.63) is 47.3 Å². The quantitative estimate of drug-likeness (QED) is 0.692. The first-order chi connectivity index (χ1) is 12.3. The summed E-state index contributed by atoms with van der Waals surface area (Å²) in [4.78, 5) is 23.3. The minimum atomic E-state index is -3.49. The molecule has 140 valence electrons. The lowest BCUT2D eigenvalue weighted by molar-refractivity contribution is -0.116. The summed E-state index contributed by atoms with van der Waals surface area (Å²) in [6.45, 7) is 0.245. The number of hydrogen-bond donors (Lipinski definition) is 1. The minimum absolute atomic E-state index is 0.184. The number of carbonyl (C=O) groups is 2. The van der Waals surface area contributed by atoms with Gasteiger partial charge in [-0.05, 0) is 42.1 Å². The van der Waals surface area contributed by atoms with Gasteiger partial charge in [0.05, 0.1) is 12.7 Å². The number of benzene rings is 1. The molecule has 1 heterocycles. The molecule has 0 radical (unpaired) electrons. The first-order valence-electron chi connectivity index (χ1n) is 7.82. The van der Waals surface area contributed by atoms with Crippen molar-refractivity contribution in [1.82, 2.24) is 4.31 Å². The van der Waals surface area contributed by atoms with E-state index in [-0.39, 0.29) is 23.1 Å². The fourth-order valence-electron chi connectivity index (χ4n) is 2.18. The second kappa shape index (κ2) is 8.93. The zero-order chi connectivity index (χ0) is 19.2. The van der Waals surface area contributed by atoms with E-state index in [0.717, 1.165) is 11.3 Å². The number of rotatable bonds is 8. The average molecular weight is 396 g/mol. The first kappa shape index (κ1) is 20.1. The van der Waals surface area contributed by atoms with Crippen LogP contribution in [0.2, 0.25) is 0 Å². The monoisotopic (exact) mass is 396 g/mol. The molecule has 0 saturated carbocycles. The molecule has 1 aromatic heterocycles. The van der Waals surface area contributed by atoms with Gasteiger partial charge in [0.15, 0.2) is 0 Å². The number of thiophene rings is 1. The molecule has 0 aliphatic heterocycles.